The van der Waals surface area contributed by atoms with Crippen molar-refractivity contribution in [2.24, 2.45) is 5.73 Å². The Morgan fingerprint density at radius 3 is 2.41 bits per heavy atom. The number of nitrogens with two attached hydrogens (primary N) is 1. The van der Waals surface area contributed by atoms with Gasteiger partial charge < -0.3 is 11.1 Å². The summed E-state index contributed by atoms with van der Waals surface area (Å²) >= 11 is 0. The zero-order valence-electron chi connectivity index (χ0n) is 21.0. The van der Waals surface area contributed by atoms with Gasteiger partial charge in [-0.25, -0.2) is 4.68 Å². The van der Waals surface area contributed by atoms with Gasteiger partial charge in [0.2, 0.25) is 0 Å². The number of hydrogen-bond donors (Lipinski definition) is 2. The molecule has 0 radical (unpaired) electrons. The van der Waals surface area contributed by atoms with E-state index < -0.39 is 35.5 Å². The summed E-state index contributed by atoms with van der Waals surface area (Å²) in [6.45, 7) is 2.28. The highest BCUT2D eigenvalue weighted by Crippen LogP contribution is 2.42. The molecule has 39 heavy (non-hydrogen) atoms. The van der Waals surface area contributed by atoms with Gasteiger partial charge in [-0.3, -0.25) is 14.5 Å². The average Bonchev–Trinajstić information content (AvgIpc) is 3.38. The molecule has 1 aliphatic rings. The van der Waals surface area contributed by atoms with E-state index >= 15 is 0 Å². The largest absolute Gasteiger partial charge is 0.416 e. The number of amides is 2. The topological polar surface area (TPSA) is 93.2 Å². The Balaban J connectivity index is 1.64. The summed E-state index contributed by atoms with van der Waals surface area (Å²) in [5, 5.41) is 7.34. The molecule has 7 nitrogen and oxygen atoms in total. The van der Waals surface area contributed by atoms with Crippen LogP contribution in [0.2, 0.25) is 0 Å². The van der Waals surface area contributed by atoms with Crippen molar-refractivity contribution in [3.8, 4) is 5.69 Å². The summed E-state index contributed by atoms with van der Waals surface area (Å²) in [4.78, 5) is 28.9. The molecule has 4 aromatic rings. The maximum Gasteiger partial charge on any atom is 0.416 e. The van der Waals surface area contributed by atoms with Crippen molar-refractivity contribution in [1.29, 1.82) is 0 Å². The van der Waals surface area contributed by atoms with Gasteiger partial charge in [0.15, 0.2) is 0 Å². The monoisotopic (exact) mass is 533 g/mol. The number of carbonyl (C=O) groups is 2. The molecular weight excluding hydrogens is 507 g/mol. The van der Waals surface area contributed by atoms with Crippen LogP contribution in [0.5, 0.6) is 0 Å². The average molecular weight is 534 g/mol. The van der Waals surface area contributed by atoms with Gasteiger partial charge in [0, 0.05) is 30.1 Å². The normalized spacial score (nSPS) is 17.2. The Kier molecular flexibility index (Phi) is 6.96. The molecule has 5 rings (SSSR count). The van der Waals surface area contributed by atoms with E-state index in [4.69, 9.17) is 5.73 Å². The molecule has 3 aromatic carbocycles. The van der Waals surface area contributed by atoms with Crippen molar-refractivity contribution < 1.29 is 22.8 Å². The molecule has 0 fully saturated rings. The van der Waals surface area contributed by atoms with Gasteiger partial charge in [0.1, 0.15) is 11.9 Å². The Labute approximate surface area is 223 Å². The molecule has 0 aliphatic carbocycles. The highest BCUT2D eigenvalue weighted by Gasteiger charge is 2.45. The number of nitrogens with one attached hydrogen (secondary N) is 1. The summed E-state index contributed by atoms with van der Waals surface area (Å²) < 4.78 is 41.6. The standard InChI is InChI=1S/C29H26F3N5O2/c1-2-36-27-23(17-34-37(27)21-12-4-3-5-13-21)24(22-14-7-6-9-19(22)16-33)25(28(36)39)35-26(38)18-10-8-11-20(15-18)29(30,31)32/h3-15,17,24-25H,2,16,33H2,1H3,(H,35,38)/t24-,25+/m1/s1. The van der Waals surface area contributed by atoms with Crippen molar-refractivity contribution in [1.82, 2.24) is 15.1 Å². The summed E-state index contributed by atoms with van der Waals surface area (Å²) in [5.41, 5.74) is 7.85. The highest BCUT2D eigenvalue weighted by atomic mass is 19.4. The highest BCUT2D eigenvalue weighted by molar-refractivity contribution is 6.05. The molecular formula is C29H26F3N5O2. The summed E-state index contributed by atoms with van der Waals surface area (Å²) in [6.07, 6.45) is -2.95. The molecule has 1 aromatic heterocycles. The number of alkyl halides is 3. The lowest BCUT2D eigenvalue weighted by atomic mass is 9.80. The third-order valence-electron chi connectivity index (χ3n) is 6.89. The van der Waals surface area contributed by atoms with E-state index in [1.807, 2.05) is 61.5 Å². The smallest absolute Gasteiger partial charge is 0.339 e. The van der Waals surface area contributed by atoms with Crippen LogP contribution in [-0.4, -0.2) is 34.2 Å². The number of fused-ring (bicyclic) bond motifs is 1. The molecule has 10 heteroatoms. The van der Waals surface area contributed by atoms with Gasteiger partial charge in [-0.1, -0.05) is 48.5 Å². The number of hydrogen-bond acceptors (Lipinski definition) is 4. The number of nitrogens with zero attached hydrogens (tertiary/aromatic N) is 3. The van der Waals surface area contributed by atoms with Gasteiger partial charge in [0.05, 0.1) is 17.4 Å². The third kappa shape index (κ3) is 4.79. The number of carbonyl (C=O) groups excluding carboxylic acids is 2. The molecule has 200 valence electrons. The van der Waals surface area contributed by atoms with Crippen molar-refractivity contribution >= 4 is 17.6 Å². The fraction of sp³-hybridized carbons (Fsp3) is 0.207. The van der Waals surface area contributed by atoms with Crippen LogP contribution in [0.15, 0.2) is 85.1 Å². The van der Waals surface area contributed by atoms with Gasteiger partial charge in [-0.15, -0.1) is 0 Å². The first kappa shape index (κ1) is 26.2. The second-order valence-corrected chi connectivity index (χ2v) is 9.16. The number of aromatic nitrogens is 2. The lowest BCUT2D eigenvalue weighted by Crippen LogP contribution is -2.55. The molecule has 2 heterocycles. The fourth-order valence-electron chi connectivity index (χ4n) is 5.08. The zero-order chi connectivity index (χ0) is 27.7. The minimum absolute atomic E-state index is 0.189. The number of likely N-dealkylation sites (N-methyl/N-ethyl adjacent to an activating group) is 1. The molecule has 0 spiro atoms. The first-order valence-electron chi connectivity index (χ1n) is 12.4. The predicted molar refractivity (Wildman–Crippen MR) is 140 cm³/mol. The molecule has 3 N–H and O–H groups in total. The Morgan fingerprint density at radius 1 is 1.00 bits per heavy atom. The molecule has 0 bridgehead atoms. The molecule has 0 saturated carbocycles. The Bertz CT molecular complexity index is 1520. The SMILES string of the molecule is CCN1C(=O)[C@@H](NC(=O)c2cccc(C(F)(F)F)c2)[C@H](c2ccccc2CN)c2cnn(-c3ccccc3)c21. The van der Waals surface area contributed by atoms with E-state index in [2.05, 4.69) is 10.4 Å². The number of anilines is 1. The maximum absolute atomic E-state index is 14.0. The van der Waals surface area contributed by atoms with E-state index in [9.17, 15) is 22.8 Å². The first-order valence-corrected chi connectivity index (χ1v) is 12.4. The van der Waals surface area contributed by atoms with Crippen molar-refractivity contribution in [3.05, 3.63) is 113 Å². The fourth-order valence-corrected chi connectivity index (χ4v) is 5.08. The van der Waals surface area contributed by atoms with Crippen molar-refractivity contribution in [2.45, 2.75) is 31.6 Å². The summed E-state index contributed by atoms with van der Waals surface area (Å²) in [6, 6.07) is 19.7. The van der Waals surface area contributed by atoms with Crippen LogP contribution in [-0.2, 0) is 17.5 Å². The second kappa shape index (κ2) is 10.4. The maximum atomic E-state index is 14.0. The minimum atomic E-state index is -4.61. The van der Waals surface area contributed by atoms with Crippen molar-refractivity contribution in [3.63, 3.8) is 0 Å². The second-order valence-electron chi connectivity index (χ2n) is 9.16. The summed E-state index contributed by atoms with van der Waals surface area (Å²) in [5.74, 6) is -1.30. The van der Waals surface area contributed by atoms with Crippen LogP contribution in [0.3, 0.4) is 0 Å². The van der Waals surface area contributed by atoms with E-state index in [1.54, 1.807) is 10.9 Å². The van der Waals surface area contributed by atoms with Crippen LogP contribution >= 0.6 is 0 Å². The van der Waals surface area contributed by atoms with Crippen LogP contribution in [0.25, 0.3) is 5.69 Å². The lowest BCUT2D eigenvalue weighted by molar-refractivity contribution is -0.137. The number of halogens is 3. The van der Waals surface area contributed by atoms with Gasteiger partial charge in [-0.05, 0) is 48.4 Å². The van der Waals surface area contributed by atoms with Crippen molar-refractivity contribution in [2.75, 3.05) is 11.4 Å². The molecule has 0 unspecified atom stereocenters. The molecule has 2 atom stereocenters. The van der Waals surface area contributed by atoms with Gasteiger partial charge >= 0.3 is 6.18 Å². The number of benzene rings is 3. The van der Waals surface area contributed by atoms with E-state index in [1.165, 1.54) is 17.0 Å². The van der Waals surface area contributed by atoms with E-state index in [-0.39, 0.29) is 18.7 Å². The molecule has 1 aliphatic heterocycles. The van der Waals surface area contributed by atoms with Crippen LogP contribution in [0.4, 0.5) is 19.0 Å². The van der Waals surface area contributed by atoms with Gasteiger partial charge in [0.25, 0.3) is 11.8 Å². The summed E-state index contributed by atoms with van der Waals surface area (Å²) in [7, 11) is 0. The van der Waals surface area contributed by atoms with E-state index in [0.717, 1.165) is 28.9 Å². The zero-order valence-corrected chi connectivity index (χ0v) is 21.0. The molecule has 0 saturated heterocycles. The van der Waals surface area contributed by atoms with E-state index in [0.29, 0.717) is 11.4 Å². The van der Waals surface area contributed by atoms with Crippen LogP contribution < -0.4 is 16.0 Å². The number of para-hydroxylation sites is 1. The molecule has 2 amide bonds. The lowest BCUT2D eigenvalue weighted by Gasteiger charge is -2.38. The Hall–Kier alpha value is -4.44. The quantitative estimate of drug-likeness (QED) is 0.378. The first-order chi connectivity index (χ1) is 18.7. The van der Waals surface area contributed by atoms with Crippen LogP contribution in [0, 0.1) is 0 Å². The van der Waals surface area contributed by atoms with Crippen LogP contribution in [0.1, 0.15) is 45.5 Å². The predicted octanol–water partition coefficient (Wildman–Crippen LogP) is 4.65. The minimum Gasteiger partial charge on any atom is -0.339 e. The third-order valence-corrected chi connectivity index (χ3v) is 6.89. The number of rotatable bonds is 6. The van der Waals surface area contributed by atoms with Gasteiger partial charge in [-0.2, -0.15) is 18.3 Å². The Morgan fingerprint density at radius 2 is 1.72 bits per heavy atom.